The first-order valence-electron chi connectivity index (χ1n) is 6.52. The third-order valence-corrected chi connectivity index (χ3v) is 3.59. The molecule has 2 aromatic rings. The highest BCUT2D eigenvalue weighted by molar-refractivity contribution is 5.84. The highest BCUT2D eigenvalue weighted by Gasteiger charge is 2.15. The summed E-state index contributed by atoms with van der Waals surface area (Å²) in [4.78, 5) is 4.46. The van der Waals surface area contributed by atoms with Crippen LogP contribution in [0.25, 0.3) is 10.9 Å². The Balaban J connectivity index is 2.75. The van der Waals surface area contributed by atoms with Crippen LogP contribution >= 0.6 is 0 Å². The van der Waals surface area contributed by atoms with Crippen LogP contribution in [0.5, 0.6) is 0 Å². The first-order valence-corrected chi connectivity index (χ1v) is 6.52. The van der Waals surface area contributed by atoms with Crippen molar-refractivity contribution in [2.75, 3.05) is 0 Å². The Bertz CT molecular complexity index is 514. The molecule has 0 fully saturated rings. The lowest BCUT2D eigenvalue weighted by Gasteiger charge is -2.20. The standard InChI is InChI=1S/C16H21N/c1-5-12(4)16-13(11(2)3)8-9-15-14(16)7-6-10-17-15/h6-12H,5H2,1-4H3. The molecule has 0 bridgehead atoms. The predicted molar refractivity (Wildman–Crippen MR) is 74.5 cm³/mol. The average Bonchev–Trinajstić information content (AvgIpc) is 2.36. The van der Waals surface area contributed by atoms with Crippen molar-refractivity contribution in [2.24, 2.45) is 0 Å². The Morgan fingerprint density at radius 3 is 2.53 bits per heavy atom. The van der Waals surface area contributed by atoms with Gasteiger partial charge in [0.15, 0.2) is 0 Å². The molecular formula is C16H21N. The lowest BCUT2D eigenvalue weighted by atomic mass is 9.86. The number of nitrogens with zero attached hydrogens (tertiary/aromatic N) is 1. The summed E-state index contributed by atoms with van der Waals surface area (Å²) in [5.74, 6) is 1.17. The van der Waals surface area contributed by atoms with Crippen LogP contribution in [0.3, 0.4) is 0 Å². The lowest BCUT2D eigenvalue weighted by molar-refractivity contribution is 0.714. The maximum absolute atomic E-state index is 4.46. The predicted octanol–water partition coefficient (Wildman–Crippen LogP) is 4.87. The Hall–Kier alpha value is -1.37. The Labute approximate surface area is 104 Å². The van der Waals surface area contributed by atoms with Crippen molar-refractivity contribution in [3.63, 3.8) is 0 Å². The Morgan fingerprint density at radius 2 is 1.88 bits per heavy atom. The van der Waals surface area contributed by atoms with Gasteiger partial charge in [0.25, 0.3) is 0 Å². The molecule has 90 valence electrons. The van der Waals surface area contributed by atoms with Crippen LogP contribution in [0.15, 0.2) is 30.5 Å². The summed E-state index contributed by atoms with van der Waals surface area (Å²) in [5, 5.41) is 1.33. The molecule has 17 heavy (non-hydrogen) atoms. The molecule has 1 nitrogen and oxygen atoms in total. The van der Waals surface area contributed by atoms with Gasteiger partial charge in [-0.05, 0) is 41.5 Å². The molecule has 0 saturated heterocycles. The van der Waals surface area contributed by atoms with Crippen LogP contribution < -0.4 is 0 Å². The van der Waals surface area contributed by atoms with E-state index in [1.165, 1.54) is 22.9 Å². The lowest BCUT2D eigenvalue weighted by Crippen LogP contribution is -2.02. The molecule has 0 N–H and O–H groups in total. The zero-order chi connectivity index (χ0) is 12.4. The normalized spacial score (nSPS) is 13.2. The van der Waals surface area contributed by atoms with E-state index in [2.05, 4.69) is 50.9 Å². The molecule has 0 amide bonds. The first-order chi connectivity index (χ1) is 8.15. The van der Waals surface area contributed by atoms with Gasteiger partial charge in [-0.2, -0.15) is 0 Å². The maximum atomic E-state index is 4.46. The van der Waals surface area contributed by atoms with E-state index in [1.54, 1.807) is 0 Å². The number of pyridine rings is 1. The van der Waals surface area contributed by atoms with Crippen LogP contribution in [0, 0.1) is 0 Å². The van der Waals surface area contributed by atoms with Gasteiger partial charge >= 0.3 is 0 Å². The number of hydrogen-bond donors (Lipinski definition) is 0. The van der Waals surface area contributed by atoms with E-state index < -0.39 is 0 Å². The molecule has 0 radical (unpaired) electrons. The molecule has 0 aliphatic rings. The molecule has 0 spiro atoms. The van der Waals surface area contributed by atoms with E-state index in [-0.39, 0.29) is 0 Å². The van der Waals surface area contributed by atoms with Crippen molar-refractivity contribution in [1.82, 2.24) is 4.98 Å². The maximum Gasteiger partial charge on any atom is 0.0705 e. The minimum absolute atomic E-state index is 0.573. The van der Waals surface area contributed by atoms with Crippen molar-refractivity contribution in [2.45, 2.75) is 46.0 Å². The average molecular weight is 227 g/mol. The van der Waals surface area contributed by atoms with Crippen molar-refractivity contribution in [1.29, 1.82) is 0 Å². The summed E-state index contributed by atoms with van der Waals surface area (Å²) in [6.07, 6.45) is 3.05. The number of benzene rings is 1. The topological polar surface area (TPSA) is 12.9 Å². The van der Waals surface area contributed by atoms with Crippen LogP contribution in [0.4, 0.5) is 0 Å². The molecule has 0 aliphatic carbocycles. The molecular weight excluding hydrogens is 206 g/mol. The highest BCUT2D eigenvalue weighted by Crippen LogP contribution is 2.33. The van der Waals surface area contributed by atoms with E-state index in [4.69, 9.17) is 0 Å². The molecule has 0 saturated carbocycles. The third kappa shape index (κ3) is 2.19. The summed E-state index contributed by atoms with van der Waals surface area (Å²) < 4.78 is 0. The van der Waals surface area contributed by atoms with Crippen molar-refractivity contribution in [3.05, 3.63) is 41.6 Å². The molecule has 0 aliphatic heterocycles. The fourth-order valence-electron chi connectivity index (χ4n) is 2.45. The summed E-state index contributed by atoms with van der Waals surface area (Å²) in [5.41, 5.74) is 4.08. The van der Waals surface area contributed by atoms with Gasteiger partial charge in [0, 0.05) is 11.6 Å². The van der Waals surface area contributed by atoms with Gasteiger partial charge < -0.3 is 0 Å². The molecule has 1 aromatic carbocycles. The number of fused-ring (bicyclic) bond motifs is 1. The Morgan fingerprint density at radius 1 is 1.12 bits per heavy atom. The fraction of sp³-hybridized carbons (Fsp3) is 0.438. The van der Waals surface area contributed by atoms with Crippen LogP contribution in [0.2, 0.25) is 0 Å². The van der Waals surface area contributed by atoms with Crippen LogP contribution in [0.1, 0.15) is 57.1 Å². The molecule has 2 rings (SSSR count). The van der Waals surface area contributed by atoms with Crippen molar-refractivity contribution < 1.29 is 0 Å². The molecule has 1 heteroatoms. The molecule has 1 atom stereocenters. The van der Waals surface area contributed by atoms with E-state index in [1.807, 2.05) is 12.3 Å². The van der Waals surface area contributed by atoms with Gasteiger partial charge in [-0.25, -0.2) is 0 Å². The van der Waals surface area contributed by atoms with Crippen molar-refractivity contribution in [3.8, 4) is 0 Å². The molecule has 1 aromatic heterocycles. The smallest absolute Gasteiger partial charge is 0.0705 e. The second kappa shape index (κ2) is 4.87. The van der Waals surface area contributed by atoms with Crippen molar-refractivity contribution >= 4 is 10.9 Å². The van der Waals surface area contributed by atoms with Gasteiger partial charge in [-0.1, -0.05) is 39.8 Å². The quantitative estimate of drug-likeness (QED) is 0.728. The summed E-state index contributed by atoms with van der Waals surface area (Å²) in [7, 11) is 0. The minimum Gasteiger partial charge on any atom is -0.256 e. The van der Waals surface area contributed by atoms with E-state index in [0.717, 1.165) is 5.52 Å². The van der Waals surface area contributed by atoms with Gasteiger partial charge in [0.1, 0.15) is 0 Å². The monoisotopic (exact) mass is 227 g/mol. The summed E-state index contributed by atoms with van der Waals surface area (Å²) >= 11 is 0. The van der Waals surface area contributed by atoms with Crippen LogP contribution in [-0.2, 0) is 0 Å². The molecule has 1 heterocycles. The largest absolute Gasteiger partial charge is 0.256 e. The van der Waals surface area contributed by atoms with Gasteiger partial charge in [0.05, 0.1) is 5.52 Å². The second-order valence-electron chi connectivity index (χ2n) is 5.10. The highest BCUT2D eigenvalue weighted by atomic mass is 14.6. The Kier molecular flexibility index (Phi) is 3.46. The van der Waals surface area contributed by atoms with E-state index in [9.17, 15) is 0 Å². The fourth-order valence-corrected chi connectivity index (χ4v) is 2.45. The number of aromatic nitrogens is 1. The zero-order valence-electron chi connectivity index (χ0n) is 11.2. The van der Waals surface area contributed by atoms with Gasteiger partial charge in [-0.3, -0.25) is 4.98 Å². The summed E-state index contributed by atoms with van der Waals surface area (Å²) in [6.45, 7) is 9.10. The minimum atomic E-state index is 0.573. The second-order valence-corrected chi connectivity index (χ2v) is 5.10. The van der Waals surface area contributed by atoms with Gasteiger partial charge in [0.2, 0.25) is 0 Å². The SMILES string of the molecule is CCC(C)c1c(C(C)C)ccc2ncccc12. The third-order valence-electron chi connectivity index (χ3n) is 3.59. The zero-order valence-corrected chi connectivity index (χ0v) is 11.2. The number of hydrogen-bond acceptors (Lipinski definition) is 1. The van der Waals surface area contributed by atoms with Gasteiger partial charge in [-0.15, -0.1) is 0 Å². The molecule has 1 unspecified atom stereocenters. The van der Waals surface area contributed by atoms with Crippen LogP contribution in [-0.4, -0.2) is 4.98 Å². The first kappa shape index (κ1) is 12.1. The van der Waals surface area contributed by atoms with E-state index >= 15 is 0 Å². The van der Waals surface area contributed by atoms with E-state index in [0.29, 0.717) is 11.8 Å². The number of rotatable bonds is 3. The summed E-state index contributed by atoms with van der Waals surface area (Å²) in [6, 6.07) is 8.64.